The largest absolute Gasteiger partial charge is 0.461 e. The van der Waals surface area contributed by atoms with Crippen LogP contribution in [0.15, 0.2) is 28.9 Å². The Hall–Kier alpha value is -0.800. The predicted octanol–water partition coefficient (Wildman–Crippen LogP) is 4.13. The molecular weight excluding hydrogens is 302 g/mol. The van der Waals surface area contributed by atoms with Gasteiger partial charge in [0.2, 0.25) is 0 Å². The molecule has 2 aliphatic rings. The van der Waals surface area contributed by atoms with Gasteiger partial charge in [0.1, 0.15) is 11.5 Å². The number of benzene rings is 1. The van der Waals surface area contributed by atoms with Crippen LogP contribution in [0.3, 0.4) is 0 Å². The minimum Gasteiger partial charge on any atom is -0.461 e. The first-order valence-corrected chi connectivity index (χ1v) is 7.80. The molecule has 3 rings (SSSR count). The Morgan fingerprint density at radius 3 is 3.11 bits per heavy atom. The first kappa shape index (κ1) is 13.2. The molecule has 0 spiro atoms. The number of hydrogen-bond donors (Lipinski definition) is 0. The van der Waals surface area contributed by atoms with Crippen molar-refractivity contribution in [2.45, 2.75) is 32.7 Å². The van der Waals surface area contributed by atoms with Crippen LogP contribution in [0.2, 0.25) is 0 Å². The second kappa shape index (κ2) is 5.29. The van der Waals surface area contributed by atoms with E-state index in [1.165, 1.54) is 37.1 Å². The highest BCUT2D eigenvalue weighted by atomic mass is 79.9. The summed E-state index contributed by atoms with van der Waals surface area (Å²) in [4.78, 5) is 2.56. The topological polar surface area (TPSA) is 12.5 Å². The van der Waals surface area contributed by atoms with Gasteiger partial charge in [0, 0.05) is 25.1 Å². The Labute approximate surface area is 123 Å². The van der Waals surface area contributed by atoms with E-state index in [0.717, 1.165) is 34.9 Å². The minimum atomic E-state index is 0.828. The van der Waals surface area contributed by atoms with Crippen molar-refractivity contribution in [2.75, 3.05) is 13.1 Å². The van der Waals surface area contributed by atoms with Crippen molar-refractivity contribution in [3.8, 4) is 5.75 Å². The molecule has 0 amide bonds. The molecule has 0 unspecified atom stereocenters. The monoisotopic (exact) mass is 321 g/mol. The number of halogens is 1. The Morgan fingerprint density at radius 2 is 2.32 bits per heavy atom. The van der Waals surface area contributed by atoms with E-state index >= 15 is 0 Å². The van der Waals surface area contributed by atoms with Crippen molar-refractivity contribution in [2.24, 2.45) is 5.92 Å². The van der Waals surface area contributed by atoms with Crippen molar-refractivity contribution in [3.63, 3.8) is 0 Å². The van der Waals surface area contributed by atoms with E-state index in [2.05, 4.69) is 46.5 Å². The van der Waals surface area contributed by atoms with Gasteiger partial charge in [-0.2, -0.15) is 0 Å². The number of likely N-dealkylation sites (tertiary alicyclic amines) is 1. The molecule has 1 aromatic carbocycles. The maximum absolute atomic E-state index is 5.64. The number of ether oxygens (including phenoxy) is 1. The Bertz CT molecular complexity index is 512. The Kier molecular flexibility index (Phi) is 3.68. The fraction of sp³-hybridized carbons (Fsp3) is 0.500. The van der Waals surface area contributed by atoms with Gasteiger partial charge in [-0.05, 0) is 52.9 Å². The van der Waals surface area contributed by atoms with Crippen molar-refractivity contribution in [1.29, 1.82) is 0 Å². The van der Waals surface area contributed by atoms with Crippen LogP contribution in [0.4, 0.5) is 0 Å². The van der Waals surface area contributed by atoms with Crippen molar-refractivity contribution in [3.05, 3.63) is 40.1 Å². The molecule has 0 saturated carbocycles. The van der Waals surface area contributed by atoms with E-state index in [1.807, 2.05) is 0 Å². The van der Waals surface area contributed by atoms with Gasteiger partial charge in [-0.3, -0.25) is 4.90 Å². The molecule has 1 saturated heterocycles. The van der Waals surface area contributed by atoms with Crippen molar-refractivity contribution >= 4 is 15.9 Å². The molecule has 0 bridgehead atoms. The molecule has 0 radical (unpaired) electrons. The average molecular weight is 322 g/mol. The maximum atomic E-state index is 5.64. The number of rotatable bonds is 2. The maximum Gasteiger partial charge on any atom is 0.144 e. The number of fused-ring (bicyclic) bond motifs is 1. The number of nitrogens with zero attached hydrogens (tertiary/aromatic N) is 1. The van der Waals surface area contributed by atoms with E-state index in [1.54, 1.807) is 0 Å². The molecule has 1 fully saturated rings. The minimum absolute atomic E-state index is 0.828. The number of hydrogen-bond acceptors (Lipinski definition) is 2. The van der Waals surface area contributed by atoms with Crippen molar-refractivity contribution < 1.29 is 4.74 Å². The third kappa shape index (κ3) is 2.87. The van der Waals surface area contributed by atoms with E-state index < -0.39 is 0 Å². The summed E-state index contributed by atoms with van der Waals surface area (Å²) in [5.74, 6) is 2.63. The van der Waals surface area contributed by atoms with Gasteiger partial charge >= 0.3 is 0 Å². The summed E-state index contributed by atoms with van der Waals surface area (Å²) in [6, 6.07) is 4.47. The van der Waals surface area contributed by atoms with Crippen LogP contribution < -0.4 is 4.74 Å². The second-order valence-corrected chi connectivity index (χ2v) is 6.72. The smallest absolute Gasteiger partial charge is 0.144 e. The summed E-state index contributed by atoms with van der Waals surface area (Å²) in [6.07, 6.45) is 3.55. The van der Waals surface area contributed by atoms with Gasteiger partial charge in [0.05, 0.1) is 4.47 Å². The van der Waals surface area contributed by atoms with E-state index in [9.17, 15) is 0 Å². The molecule has 0 aromatic heterocycles. The van der Waals surface area contributed by atoms with Crippen molar-refractivity contribution in [1.82, 2.24) is 4.90 Å². The SMILES string of the molecule is C=C1Cc2cc(CN3CCC[C@H](C)C3)cc(Br)c2O1. The quantitative estimate of drug-likeness (QED) is 0.812. The highest BCUT2D eigenvalue weighted by Crippen LogP contribution is 2.38. The fourth-order valence-corrected chi connectivity index (χ4v) is 3.76. The zero-order chi connectivity index (χ0) is 13.4. The second-order valence-electron chi connectivity index (χ2n) is 5.87. The van der Waals surface area contributed by atoms with E-state index in [4.69, 9.17) is 4.74 Å². The molecule has 1 atom stereocenters. The van der Waals surface area contributed by atoms with Crippen LogP contribution >= 0.6 is 15.9 Å². The molecule has 0 N–H and O–H groups in total. The van der Waals surface area contributed by atoms with Crippen LogP contribution in [0.25, 0.3) is 0 Å². The third-order valence-corrected chi connectivity index (χ3v) is 4.55. The van der Waals surface area contributed by atoms with Gasteiger partial charge in [-0.1, -0.05) is 19.6 Å². The Morgan fingerprint density at radius 1 is 1.47 bits per heavy atom. The van der Waals surface area contributed by atoms with Gasteiger partial charge < -0.3 is 4.74 Å². The lowest BCUT2D eigenvalue weighted by Crippen LogP contribution is -2.33. The lowest BCUT2D eigenvalue weighted by molar-refractivity contribution is 0.176. The number of allylic oxidation sites excluding steroid dienone is 1. The highest BCUT2D eigenvalue weighted by Gasteiger charge is 2.21. The zero-order valence-corrected chi connectivity index (χ0v) is 13.0. The molecule has 0 aliphatic carbocycles. The lowest BCUT2D eigenvalue weighted by atomic mass is 9.99. The number of piperidine rings is 1. The van der Waals surface area contributed by atoms with Gasteiger partial charge in [0.15, 0.2) is 0 Å². The zero-order valence-electron chi connectivity index (χ0n) is 11.4. The molecule has 2 nitrogen and oxygen atoms in total. The van der Waals surface area contributed by atoms with Crippen LogP contribution in [0.5, 0.6) is 5.75 Å². The molecule has 19 heavy (non-hydrogen) atoms. The van der Waals surface area contributed by atoms with Crippen LogP contribution in [-0.4, -0.2) is 18.0 Å². The van der Waals surface area contributed by atoms with Gasteiger partial charge in [-0.25, -0.2) is 0 Å². The molecule has 3 heteroatoms. The third-order valence-electron chi connectivity index (χ3n) is 3.96. The standard InChI is InChI=1S/C16H20BrNO/c1-11-4-3-5-18(9-11)10-13-7-14-6-12(2)19-16(14)15(17)8-13/h7-8,11H,2-6,9-10H2,1H3/t11-/m0/s1. The van der Waals surface area contributed by atoms with E-state index in [-0.39, 0.29) is 0 Å². The first-order valence-electron chi connectivity index (χ1n) is 7.01. The van der Waals surface area contributed by atoms with Gasteiger partial charge in [0.25, 0.3) is 0 Å². The highest BCUT2D eigenvalue weighted by molar-refractivity contribution is 9.10. The summed E-state index contributed by atoms with van der Waals surface area (Å²) in [6.45, 7) is 9.75. The Balaban J connectivity index is 1.77. The lowest BCUT2D eigenvalue weighted by Gasteiger charge is -2.31. The average Bonchev–Trinajstić information content (AvgIpc) is 2.70. The van der Waals surface area contributed by atoms with Gasteiger partial charge in [-0.15, -0.1) is 0 Å². The van der Waals surface area contributed by atoms with Crippen LogP contribution in [0, 0.1) is 5.92 Å². The normalized spacial score (nSPS) is 23.3. The first-order chi connectivity index (χ1) is 9.11. The summed E-state index contributed by atoms with van der Waals surface area (Å²) in [5, 5.41) is 0. The summed E-state index contributed by atoms with van der Waals surface area (Å²) in [7, 11) is 0. The fourth-order valence-electron chi connectivity index (χ4n) is 3.13. The van der Waals surface area contributed by atoms with Crippen LogP contribution in [-0.2, 0) is 13.0 Å². The summed E-state index contributed by atoms with van der Waals surface area (Å²) < 4.78 is 6.70. The summed E-state index contributed by atoms with van der Waals surface area (Å²) in [5.41, 5.74) is 2.64. The summed E-state index contributed by atoms with van der Waals surface area (Å²) >= 11 is 3.62. The molecule has 102 valence electrons. The molecular formula is C16H20BrNO. The molecule has 2 heterocycles. The van der Waals surface area contributed by atoms with E-state index in [0.29, 0.717) is 0 Å². The predicted molar refractivity (Wildman–Crippen MR) is 81.3 cm³/mol. The molecule has 1 aromatic rings. The van der Waals surface area contributed by atoms with Crippen LogP contribution in [0.1, 0.15) is 30.9 Å². The molecule has 2 aliphatic heterocycles.